The number of carboxylic acids is 1. The Morgan fingerprint density at radius 1 is 1.10 bits per heavy atom. The van der Waals surface area contributed by atoms with E-state index in [0.717, 1.165) is 16.3 Å². The van der Waals surface area contributed by atoms with Crippen LogP contribution in [-0.2, 0) is 9.59 Å². The minimum absolute atomic E-state index is 0.0755. The van der Waals surface area contributed by atoms with Crippen LogP contribution in [0.2, 0.25) is 0 Å². The largest absolute Gasteiger partial charge is 0.481 e. The van der Waals surface area contributed by atoms with Crippen molar-refractivity contribution in [2.24, 2.45) is 0 Å². The van der Waals surface area contributed by atoms with Gasteiger partial charge in [-0.25, -0.2) is 0 Å². The Bertz CT molecular complexity index is 656. The van der Waals surface area contributed by atoms with Gasteiger partial charge in [0.05, 0.1) is 6.42 Å². The van der Waals surface area contributed by atoms with Crippen molar-refractivity contribution < 1.29 is 14.7 Å². The van der Waals surface area contributed by atoms with E-state index in [1.54, 1.807) is 6.08 Å². The van der Waals surface area contributed by atoms with Crippen LogP contribution in [0.1, 0.15) is 12.0 Å². The van der Waals surface area contributed by atoms with Crippen molar-refractivity contribution >= 4 is 28.7 Å². The zero-order chi connectivity index (χ0) is 14.4. The first-order valence-electron chi connectivity index (χ1n) is 6.32. The second kappa shape index (κ2) is 6.52. The SMILES string of the molecule is O=C(O)CCNC(=O)C=Cc1cccc2ccccc12. The third-order valence-corrected chi connectivity index (χ3v) is 2.88. The lowest BCUT2D eigenvalue weighted by Crippen LogP contribution is -2.23. The summed E-state index contributed by atoms with van der Waals surface area (Å²) in [7, 11) is 0. The molecule has 4 nitrogen and oxygen atoms in total. The molecule has 0 heterocycles. The van der Waals surface area contributed by atoms with Crippen LogP contribution in [-0.4, -0.2) is 23.5 Å². The summed E-state index contributed by atoms with van der Waals surface area (Å²) in [5, 5.41) is 13.2. The molecule has 1 amide bonds. The van der Waals surface area contributed by atoms with E-state index >= 15 is 0 Å². The highest BCUT2D eigenvalue weighted by Gasteiger charge is 2.00. The van der Waals surface area contributed by atoms with Gasteiger partial charge in [0.15, 0.2) is 0 Å². The third-order valence-electron chi connectivity index (χ3n) is 2.88. The summed E-state index contributed by atoms with van der Waals surface area (Å²) in [5.74, 6) is -1.22. The number of fused-ring (bicyclic) bond motifs is 1. The van der Waals surface area contributed by atoms with Crippen LogP contribution < -0.4 is 5.32 Å². The lowest BCUT2D eigenvalue weighted by atomic mass is 10.0. The van der Waals surface area contributed by atoms with Gasteiger partial charge in [-0.15, -0.1) is 0 Å². The predicted molar refractivity (Wildman–Crippen MR) is 78.2 cm³/mol. The molecule has 0 aromatic heterocycles. The van der Waals surface area contributed by atoms with Crippen LogP contribution in [0.15, 0.2) is 48.5 Å². The van der Waals surface area contributed by atoms with Gasteiger partial charge in [0.25, 0.3) is 0 Å². The molecular formula is C16H15NO3. The molecule has 20 heavy (non-hydrogen) atoms. The smallest absolute Gasteiger partial charge is 0.305 e. The third kappa shape index (κ3) is 3.68. The van der Waals surface area contributed by atoms with Crippen LogP contribution in [0.25, 0.3) is 16.8 Å². The fourth-order valence-electron chi connectivity index (χ4n) is 1.91. The second-order valence-corrected chi connectivity index (χ2v) is 4.34. The summed E-state index contributed by atoms with van der Waals surface area (Å²) in [6, 6.07) is 13.8. The number of carbonyl (C=O) groups excluding carboxylic acids is 1. The minimum atomic E-state index is -0.927. The second-order valence-electron chi connectivity index (χ2n) is 4.34. The number of hydrogen-bond donors (Lipinski definition) is 2. The summed E-state index contributed by atoms with van der Waals surface area (Å²) in [4.78, 5) is 21.9. The Kier molecular flexibility index (Phi) is 4.50. The van der Waals surface area contributed by atoms with E-state index in [1.165, 1.54) is 6.08 Å². The molecule has 0 unspecified atom stereocenters. The number of rotatable bonds is 5. The van der Waals surface area contributed by atoms with Crippen molar-refractivity contribution in [3.63, 3.8) is 0 Å². The summed E-state index contributed by atoms with van der Waals surface area (Å²) >= 11 is 0. The summed E-state index contributed by atoms with van der Waals surface area (Å²) in [6.07, 6.45) is 3.08. The minimum Gasteiger partial charge on any atom is -0.481 e. The van der Waals surface area contributed by atoms with Crippen LogP contribution in [0.4, 0.5) is 0 Å². The maximum Gasteiger partial charge on any atom is 0.305 e. The lowest BCUT2D eigenvalue weighted by Gasteiger charge is -2.02. The Morgan fingerprint density at radius 3 is 2.65 bits per heavy atom. The van der Waals surface area contributed by atoms with E-state index in [9.17, 15) is 9.59 Å². The maximum atomic E-state index is 11.5. The molecule has 2 aromatic carbocycles. The first-order valence-corrected chi connectivity index (χ1v) is 6.32. The molecule has 2 rings (SSSR count). The summed E-state index contributed by atoms with van der Waals surface area (Å²) < 4.78 is 0. The van der Waals surface area contributed by atoms with Crippen molar-refractivity contribution in [1.82, 2.24) is 5.32 Å². The van der Waals surface area contributed by atoms with E-state index in [2.05, 4.69) is 5.32 Å². The molecule has 2 N–H and O–H groups in total. The van der Waals surface area contributed by atoms with E-state index in [0.29, 0.717) is 0 Å². The van der Waals surface area contributed by atoms with E-state index < -0.39 is 5.97 Å². The normalized spacial score (nSPS) is 10.8. The van der Waals surface area contributed by atoms with E-state index in [4.69, 9.17) is 5.11 Å². The van der Waals surface area contributed by atoms with Crippen LogP contribution >= 0.6 is 0 Å². The Labute approximate surface area is 116 Å². The molecule has 0 aliphatic carbocycles. The first-order chi connectivity index (χ1) is 9.66. The molecule has 0 atom stereocenters. The van der Waals surface area contributed by atoms with E-state index in [-0.39, 0.29) is 18.9 Å². The quantitative estimate of drug-likeness (QED) is 0.819. The fraction of sp³-hybridized carbons (Fsp3) is 0.125. The molecule has 2 aromatic rings. The van der Waals surface area contributed by atoms with Gasteiger partial charge < -0.3 is 10.4 Å². The van der Waals surface area contributed by atoms with Gasteiger partial charge in [-0.3, -0.25) is 9.59 Å². The number of benzene rings is 2. The van der Waals surface area contributed by atoms with Crippen molar-refractivity contribution in [1.29, 1.82) is 0 Å². The molecule has 0 spiro atoms. The van der Waals surface area contributed by atoms with Crippen LogP contribution in [0, 0.1) is 0 Å². The highest BCUT2D eigenvalue weighted by Crippen LogP contribution is 2.19. The maximum absolute atomic E-state index is 11.5. The van der Waals surface area contributed by atoms with Gasteiger partial charge in [0, 0.05) is 12.6 Å². The molecular weight excluding hydrogens is 254 g/mol. The number of nitrogens with one attached hydrogen (secondary N) is 1. The zero-order valence-electron chi connectivity index (χ0n) is 10.9. The van der Waals surface area contributed by atoms with Gasteiger partial charge in [0.2, 0.25) is 5.91 Å². The van der Waals surface area contributed by atoms with Crippen molar-refractivity contribution in [3.8, 4) is 0 Å². The van der Waals surface area contributed by atoms with E-state index in [1.807, 2.05) is 42.5 Å². The van der Waals surface area contributed by atoms with Crippen LogP contribution in [0.5, 0.6) is 0 Å². The van der Waals surface area contributed by atoms with Crippen LogP contribution in [0.3, 0.4) is 0 Å². The van der Waals surface area contributed by atoms with Gasteiger partial charge in [-0.05, 0) is 22.4 Å². The number of hydrogen-bond acceptors (Lipinski definition) is 2. The first kappa shape index (κ1) is 13.8. The molecule has 102 valence electrons. The fourth-order valence-corrected chi connectivity index (χ4v) is 1.91. The zero-order valence-corrected chi connectivity index (χ0v) is 10.9. The number of aliphatic carboxylic acids is 1. The highest BCUT2D eigenvalue weighted by molar-refractivity contribution is 5.96. The van der Waals surface area contributed by atoms with Gasteiger partial charge >= 0.3 is 5.97 Å². The molecule has 4 heteroatoms. The van der Waals surface area contributed by atoms with Crippen molar-refractivity contribution in [2.75, 3.05) is 6.54 Å². The molecule has 0 saturated carbocycles. The number of carboxylic acid groups (broad SMARTS) is 1. The average Bonchev–Trinajstić information content (AvgIpc) is 2.44. The van der Waals surface area contributed by atoms with Gasteiger partial charge in [0.1, 0.15) is 0 Å². The topological polar surface area (TPSA) is 66.4 Å². The summed E-state index contributed by atoms with van der Waals surface area (Å²) in [5.41, 5.74) is 0.955. The van der Waals surface area contributed by atoms with Crippen molar-refractivity contribution in [2.45, 2.75) is 6.42 Å². The predicted octanol–water partition coefficient (Wildman–Crippen LogP) is 2.44. The number of amides is 1. The molecule has 0 bridgehead atoms. The van der Waals surface area contributed by atoms with Gasteiger partial charge in [-0.2, -0.15) is 0 Å². The van der Waals surface area contributed by atoms with Gasteiger partial charge in [-0.1, -0.05) is 42.5 Å². The summed E-state index contributed by atoms with van der Waals surface area (Å²) in [6.45, 7) is 0.133. The standard InChI is InChI=1S/C16H15NO3/c18-15(17-11-10-16(19)20)9-8-13-6-3-5-12-4-1-2-7-14(12)13/h1-9H,10-11H2,(H,17,18)(H,19,20). The number of carbonyl (C=O) groups is 2. The Morgan fingerprint density at radius 2 is 1.85 bits per heavy atom. The Hall–Kier alpha value is -2.62. The average molecular weight is 269 g/mol. The molecule has 0 aliphatic rings. The molecule has 0 aliphatic heterocycles. The molecule has 0 radical (unpaired) electrons. The Balaban J connectivity index is 2.06. The molecule has 0 saturated heterocycles. The molecule has 0 fully saturated rings. The highest BCUT2D eigenvalue weighted by atomic mass is 16.4. The van der Waals surface area contributed by atoms with Crippen molar-refractivity contribution in [3.05, 3.63) is 54.1 Å². The monoisotopic (exact) mass is 269 g/mol. The lowest BCUT2D eigenvalue weighted by molar-refractivity contribution is -0.136.